The van der Waals surface area contributed by atoms with E-state index in [1.807, 2.05) is 36.5 Å². The van der Waals surface area contributed by atoms with Gasteiger partial charge in [0, 0.05) is 17.5 Å². The van der Waals surface area contributed by atoms with Gasteiger partial charge in [0.05, 0.1) is 21.6 Å². The van der Waals surface area contributed by atoms with Gasteiger partial charge in [-0.3, -0.25) is 4.79 Å². The van der Waals surface area contributed by atoms with Crippen LogP contribution in [0, 0.1) is 0 Å². The number of nitrogens with zero attached hydrogens (tertiary/aromatic N) is 2. The molecule has 3 aromatic heterocycles. The Morgan fingerprint density at radius 1 is 1.33 bits per heavy atom. The standard InChI is InChI=1S/C13H9ClN2OS/c14-13-5-4-9(18-13)7-12(17)10-8-15-16-6-2-1-3-11(10)16/h1-6,8H,7H2. The van der Waals surface area contributed by atoms with Crippen LogP contribution < -0.4 is 0 Å². The molecule has 3 rings (SSSR count). The fourth-order valence-corrected chi connectivity index (χ4v) is 2.94. The van der Waals surface area contributed by atoms with E-state index in [-0.39, 0.29) is 5.78 Å². The second kappa shape index (κ2) is 4.55. The van der Waals surface area contributed by atoms with E-state index in [4.69, 9.17) is 11.6 Å². The van der Waals surface area contributed by atoms with Crippen LogP contribution in [0.25, 0.3) is 5.52 Å². The van der Waals surface area contributed by atoms with E-state index in [0.29, 0.717) is 16.3 Å². The first kappa shape index (κ1) is 11.4. The van der Waals surface area contributed by atoms with E-state index in [1.165, 1.54) is 11.3 Å². The van der Waals surface area contributed by atoms with E-state index < -0.39 is 0 Å². The molecule has 0 fully saturated rings. The summed E-state index contributed by atoms with van der Waals surface area (Å²) in [5.41, 5.74) is 1.49. The highest BCUT2D eigenvalue weighted by Crippen LogP contribution is 2.23. The zero-order valence-corrected chi connectivity index (χ0v) is 10.9. The number of fused-ring (bicyclic) bond motifs is 1. The highest BCUT2D eigenvalue weighted by Gasteiger charge is 2.13. The van der Waals surface area contributed by atoms with E-state index in [9.17, 15) is 4.79 Å². The van der Waals surface area contributed by atoms with Gasteiger partial charge in [-0.05, 0) is 24.3 Å². The zero-order chi connectivity index (χ0) is 12.5. The molecule has 0 amide bonds. The molecule has 3 nitrogen and oxygen atoms in total. The normalized spacial score (nSPS) is 10.9. The molecule has 0 bridgehead atoms. The summed E-state index contributed by atoms with van der Waals surface area (Å²) < 4.78 is 2.41. The molecule has 0 saturated heterocycles. The van der Waals surface area contributed by atoms with Gasteiger partial charge in [-0.25, -0.2) is 4.52 Å². The number of aromatic nitrogens is 2. The highest BCUT2D eigenvalue weighted by molar-refractivity contribution is 7.16. The molecule has 0 radical (unpaired) electrons. The van der Waals surface area contributed by atoms with Crippen molar-refractivity contribution in [2.75, 3.05) is 0 Å². The second-order valence-corrected chi connectivity index (χ2v) is 5.69. The Hall–Kier alpha value is -1.65. The Labute approximate surface area is 113 Å². The molecule has 0 spiro atoms. The molecule has 90 valence electrons. The van der Waals surface area contributed by atoms with Crippen LogP contribution in [0.15, 0.2) is 42.7 Å². The first-order chi connectivity index (χ1) is 8.74. The fraction of sp³-hybridized carbons (Fsp3) is 0.0769. The number of rotatable bonds is 3. The predicted octanol–water partition coefficient (Wildman–Crippen LogP) is 3.47. The lowest BCUT2D eigenvalue weighted by Gasteiger charge is -1.97. The number of hydrogen-bond donors (Lipinski definition) is 0. The Kier molecular flexibility index (Phi) is 2.89. The minimum Gasteiger partial charge on any atom is -0.294 e. The minimum atomic E-state index is 0.0646. The second-order valence-electron chi connectivity index (χ2n) is 3.89. The summed E-state index contributed by atoms with van der Waals surface area (Å²) in [4.78, 5) is 13.2. The Bertz CT molecular complexity index is 716. The Morgan fingerprint density at radius 2 is 2.22 bits per heavy atom. The van der Waals surface area contributed by atoms with Crippen molar-refractivity contribution in [1.29, 1.82) is 0 Å². The first-order valence-corrected chi connectivity index (χ1v) is 6.63. The van der Waals surface area contributed by atoms with Gasteiger partial charge < -0.3 is 0 Å². The molecule has 0 aliphatic rings. The van der Waals surface area contributed by atoms with Crippen LogP contribution in [0.4, 0.5) is 0 Å². The van der Waals surface area contributed by atoms with Gasteiger partial charge in [-0.1, -0.05) is 17.7 Å². The van der Waals surface area contributed by atoms with Gasteiger partial charge >= 0.3 is 0 Å². The molecule has 0 unspecified atom stereocenters. The van der Waals surface area contributed by atoms with Crippen molar-refractivity contribution in [3.63, 3.8) is 0 Å². The largest absolute Gasteiger partial charge is 0.294 e. The summed E-state index contributed by atoms with van der Waals surface area (Å²) in [7, 11) is 0. The summed E-state index contributed by atoms with van der Waals surface area (Å²) >= 11 is 7.29. The average molecular weight is 277 g/mol. The minimum absolute atomic E-state index is 0.0646. The molecule has 18 heavy (non-hydrogen) atoms. The highest BCUT2D eigenvalue weighted by atomic mass is 35.5. The van der Waals surface area contributed by atoms with Crippen molar-refractivity contribution in [1.82, 2.24) is 9.61 Å². The number of ketones is 1. The number of thiophene rings is 1. The van der Waals surface area contributed by atoms with Crippen LogP contribution in [0.3, 0.4) is 0 Å². The third-order valence-electron chi connectivity index (χ3n) is 2.69. The number of carbonyl (C=O) groups excluding carboxylic acids is 1. The Morgan fingerprint density at radius 3 is 3.00 bits per heavy atom. The van der Waals surface area contributed by atoms with Crippen LogP contribution in [-0.4, -0.2) is 15.4 Å². The molecule has 0 saturated carbocycles. The summed E-state index contributed by atoms with van der Waals surface area (Å²) in [5, 5.41) is 4.16. The number of carbonyl (C=O) groups is 1. The van der Waals surface area contributed by atoms with Crippen molar-refractivity contribution < 1.29 is 4.79 Å². The molecule has 0 aromatic carbocycles. The number of Topliss-reactive ketones (excluding diaryl/α,β-unsaturated/α-hetero) is 1. The summed E-state index contributed by atoms with van der Waals surface area (Å²) in [6, 6.07) is 9.37. The molecule has 0 aliphatic carbocycles. The van der Waals surface area contributed by atoms with E-state index in [0.717, 1.165) is 10.4 Å². The quantitative estimate of drug-likeness (QED) is 0.687. The van der Waals surface area contributed by atoms with Crippen LogP contribution in [0.2, 0.25) is 4.34 Å². The Balaban J connectivity index is 1.92. The topological polar surface area (TPSA) is 34.4 Å². The van der Waals surface area contributed by atoms with Crippen LogP contribution in [0.1, 0.15) is 15.2 Å². The van der Waals surface area contributed by atoms with Crippen molar-refractivity contribution in [3.05, 3.63) is 57.5 Å². The fourth-order valence-electron chi connectivity index (χ4n) is 1.85. The molecular weight excluding hydrogens is 268 g/mol. The van der Waals surface area contributed by atoms with Gasteiger partial charge in [-0.15, -0.1) is 11.3 Å². The average Bonchev–Trinajstić information content (AvgIpc) is 2.95. The molecule has 0 atom stereocenters. The van der Waals surface area contributed by atoms with Gasteiger partial charge in [0.15, 0.2) is 5.78 Å². The van der Waals surface area contributed by atoms with Crippen molar-refractivity contribution >= 4 is 34.2 Å². The first-order valence-electron chi connectivity index (χ1n) is 5.44. The molecule has 0 aliphatic heterocycles. The third-order valence-corrected chi connectivity index (χ3v) is 3.92. The molecule has 3 aromatic rings. The lowest BCUT2D eigenvalue weighted by Crippen LogP contribution is -2.01. The lowest BCUT2D eigenvalue weighted by atomic mass is 10.1. The summed E-state index contributed by atoms with van der Waals surface area (Å²) in [6.07, 6.45) is 3.81. The van der Waals surface area contributed by atoms with Crippen LogP contribution in [-0.2, 0) is 6.42 Å². The monoisotopic (exact) mass is 276 g/mol. The predicted molar refractivity (Wildman–Crippen MR) is 72.6 cm³/mol. The van der Waals surface area contributed by atoms with Crippen molar-refractivity contribution in [2.24, 2.45) is 0 Å². The van der Waals surface area contributed by atoms with Crippen molar-refractivity contribution in [3.8, 4) is 0 Å². The van der Waals surface area contributed by atoms with Gasteiger partial charge in [0.25, 0.3) is 0 Å². The van der Waals surface area contributed by atoms with Gasteiger partial charge in [-0.2, -0.15) is 5.10 Å². The lowest BCUT2D eigenvalue weighted by molar-refractivity contribution is 0.0995. The third kappa shape index (κ3) is 2.05. The maximum atomic E-state index is 12.2. The van der Waals surface area contributed by atoms with E-state index in [2.05, 4.69) is 5.10 Å². The van der Waals surface area contributed by atoms with Crippen LogP contribution >= 0.6 is 22.9 Å². The number of hydrogen-bond acceptors (Lipinski definition) is 3. The number of pyridine rings is 1. The number of halogens is 1. The summed E-state index contributed by atoms with van der Waals surface area (Å²) in [6.45, 7) is 0. The van der Waals surface area contributed by atoms with Gasteiger partial charge in [0.1, 0.15) is 0 Å². The molecule has 5 heteroatoms. The molecule has 3 heterocycles. The van der Waals surface area contributed by atoms with Crippen molar-refractivity contribution in [2.45, 2.75) is 6.42 Å². The molecular formula is C13H9ClN2OS. The van der Waals surface area contributed by atoms with E-state index >= 15 is 0 Å². The zero-order valence-electron chi connectivity index (χ0n) is 9.34. The van der Waals surface area contributed by atoms with Gasteiger partial charge in [0.2, 0.25) is 0 Å². The smallest absolute Gasteiger partial charge is 0.171 e. The summed E-state index contributed by atoms with van der Waals surface area (Å²) in [5.74, 6) is 0.0646. The van der Waals surface area contributed by atoms with E-state index in [1.54, 1.807) is 10.7 Å². The maximum Gasteiger partial charge on any atom is 0.171 e. The van der Waals surface area contributed by atoms with Crippen LogP contribution in [0.5, 0.6) is 0 Å². The molecule has 0 N–H and O–H groups in total. The SMILES string of the molecule is O=C(Cc1ccc(Cl)s1)c1cnn2ccccc12. The maximum absolute atomic E-state index is 12.2.